The highest BCUT2D eigenvalue weighted by atomic mass is 79.9. The number of sulfonamides is 1. The van der Waals surface area contributed by atoms with Crippen molar-refractivity contribution in [2.24, 2.45) is 5.14 Å². The molecule has 33 heavy (non-hydrogen) atoms. The molecule has 0 fully saturated rings. The summed E-state index contributed by atoms with van der Waals surface area (Å²) in [5.41, 5.74) is -4.24. The van der Waals surface area contributed by atoms with Crippen LogP contribution in [0.4, 0.5) is 8.78 Å². The maximum Gasteiger partial charge on any atom is 0.405 e. The molecule has 1 aromatic heterocycles. The van der Waals surface area contributed by atoms with E-state index >= 15 is 8.78 Å². The van der Waals surface area contributed by atoms with Crippen molar-refractivity contribution < 1.29 is 45.4 Å². The second-order valence-electron chi connectivity index (χ2n) is 6.70. The molecule has 0 aliphatic heterocycles. The predicted octanol–water partition coefficient (Wildman–Crippen LogP) is 5.12. The zero-order valence-corrected chi connectivity index (χ0v) is 21.8. The number of fused-ring (bicyclic) bond motifs is 1. The van der Waals surface area contributed by atoms with Crippen LogP contribution in [-0.4, -0.2) is 45.1 Å². The fourth-order valence-electron chi connectivity index (χ4n) is 2.81. The Morgan fingerprint density at radius 1 is 1.24 bits per heavy atom. The zero-order chi connectivity index (χ0) is 25.0. The molecular formula is C18H23BrF2NO8PS2. The van der Waals surface area contributed by atoms with Gasteiger partial charge in [-0.3, -0.25) is 4.57 Å². The third-order valence-electron chi connectivity index (χ3n) is 4.24. The topological polar surface area (TPSA) is 142 Å². The Labute approximate surface area is 201 Å². The van der Waals surface area contributed by atoms with E-state index in [0.717, 1.165) is 0 Å². The molecule has 186 valence electrons. The number of unbranched alkanes of at least 4 members (excludes halogenated alkanes) is 1. The second kappa shape index (κ2) is 11.1. The van der Waals surface area contributed by atoms with Gasteiger partial charge in [-0.15, -0.1) is 11.3 Å². The molecule has 2 rings (SSSR count). The first-order valence-corrected chi connectivity index (χ1v) is 14.5. The summed E-state index contributed by atoms with van der Waals surface area (Å²) in [4.78, 5) is 10.9. The van der Waals surface area contributed by atoms with Crippen molar-refractivity contribution in [1.82, 2.24) is 0 Å². The monoisotopic (exact) mass is 593 g/mol. The summed E-state index contributed by atoms with van der Waals surface area (Å²) in [5.74, 6) is -1.56. The molecule has 0 amide bonds. The molecule has 0 aliphatic carbocycles. The van der Waals surface area contributed by atoms with Gasteiger partial charge in [-0.2, -0.15) is 8.78 Å². The minimum Gasteiger partial charge on any atom is -0.492 e. The first-order valence-electron chi connectivity index (χ1n) is 9.67. The molecule has 0 saturated heterocycles. The summed E-state index contributed by atoms with van der Waals surface area (Å²) in [5, 5.41) is 14.5. The number of carbonyl (C=O) groups is 1. The van der Waals surface area contributed by atoms with E-state index in [1.807, 2.05) is 0 Å². The van der Waals surface area contributed by atoms with Crippen molar-refractivity contribution in [3.63, 3.8) is 0 Å². The molecule has 2 aromatic rings. The number of halogens is 3. The number of rotatable bonds is 13. The van der Waals surface area contributed by atoms with E-state index in [4.69, 9.17) is 18.9 Å². The number of benzene rings is 1. The van der Waals surface area contributed by atoms with Crippen LogP contribution in [-0.2, 0) is 29.3 Å². The molecule has 3 N–H and O–H groups in total. The highest BCUT2D eigenvalue weighted by Crippen LogP contribution is 2.69. The Kier molecular flexibility index (Phi) is 9.42. The molecule has 1 aromatic carbocycles. The van der Waals surface area contributed by atoms with Gasteiger partial charge in [0.2, 0.25) is 10.0 Å². The standard InChI is InChI=1S/C18H23BrF2NO8PS2/c1-3-29-31(25,30-4-2)18(20,21)16-14(19)12-9-11(17(23)24)10-13(15(12)32-16)28-7-5-6-8-33(22,26)27/h9-10H,3-8H2,1-2H3,(H,23,24)(H2,22,26,27). The van der Waals surface area contributed by atoms with Gasteiger partial charge in [0, 0.05) is 9.86 Å². The zero-order valence-electron chi connectivity index (χ0n) is 17.7. The van der Waals surface area contributed by atoms with Gasteiger partial charge in [-0.05, 0) is 54.8 Å². The van der Waals surface area contributed by atoms with E-state index in [1.165, 1.54) is 26.0 Å². The van der Waals surface area contributed by atoms with Gasteiger partial charge >= 0.3 is 19.2 Å². The first kappa shape index (κ1) is 28.1. The Morgan fingerprint density at radius 2 is 1.85 bits per heavy atom. The van der Waals surface area contributed by atoms with Gasteiger partial charge in [0.25, 0.3) is 0 Å². The smallest absolute Gasteiger partial charge is 0.405 e. The van der Waals surface area contributed by atoms with Crippen molar-refractivity contribution in [3.05, 3.63) is 27.0 Å². The fourth-order valence-corrected chi connectivity index (χ4v) is 7.44. The normalized spacial score (nSPS) is 12.9. The number of nitrogens with two attached hydrogens (primary N) is 1. The van der Waals surface area contributed by atoms with Gasteiger partial charge in [0.1, 0.15) is 10.6 Å². The van der Waals surface area contributed by atoms with Gasteiger partial charge < -0.3 is 18.9 Å². The molecule has 0 aliphatic rings. The first-order chi connectivity index (χ1) is 15.3. The Balaban J connectivity index is 2.51. The lowest BCUT2D eigenvalue weighted by Gasteiger charge is -2.25. The van der Waals surface area contributed by atoms with Gasteiger partial charge in [-0.1, -0.05) is 0 Å². The van der Waals surface area contributed by atoms with Crippen LogP contribution in [0.25, 0.3) is 10.1 Å². The fraction of sp³-hybridized carbons (Fsp3) is 0.500. The number of ether oxygens (including phenoxy) is 1. The summed E-state index contributed by atoms with van der Waals surface area (Å²) in [6.45, 7) is 2.26. The van der Waals surface area contributed by atoms with E-state index in [0.29, 0.717) is 11.3 Å². The van der Waals surface area contributed by atoms with Crippen molar-refractivity contribution in [2.45, 2.75) is 32.4 Å². The lowest BCUT2D eigenvalue weighted by Crippen LogP contribution is -2.17. The van der Waals surface area contributed by atoms with Gasteiger partial charge in [0.05, 0.1) is 35.8 Å². The van der Waals surface area contributed by atoms with Crippen LogP contribution in [0.2, 0.25) is 0 Å². The van der Waals surface area contributed by atoms with Crippen LogP contribution < -0.4 is 9.88 Å². The highest BCUT2D eigenvalue weighted by molar-refractivity contribution is 9.10. The number of hydrogen-bond acceptors (Lipinski definition) is 8. The lowest BCUT2D eigenvalue weighted by atomic mass is 10.1. The average Bonchev–Trinajstić information content (AvgIpc) is 3.04. The summed E-state index contributed by atoms with van der Waals surface area (Å²) in [6.07, 6.45) is 0.471. The molecule has 0 spiro atoms. The number of carboxylic acid groups (broad SMARTS) is 1. The quantitative estimate of drug-likeness (QED) is 0.240. The van der Waals surface area contributed by atoms with Crippen molar-refractivity contribution in [1.29, 1.82) is 0 Å². The summed E-state index contributed by atoms with van der Waals surface area (Å²) < 4.78 is 80.9. The minimum absolute atomic E-state index is 0.00861. The lowest BCUT2D eigenvalue weighted by molar-refractivity contribution is 0.0387. The molecule has 9 nitrogen and oxygen atoms in total. The summed E-state index contributed by atoms with van der Waals surface area (Å²) in [7, 11) is -8.53. The van der Waals surface area contributed by atoms with Crippen LogP contribution in [0.5, 0.6) is 5.75 Å². The summed E-state index contributed by atoms with van der Waals surface area (Å²) >= 11 is 3.65. The number of primary sulfonamides is 1. The van der Waals surface area contributed by atoms with Gasteiger partial charge in [-0.25, -0.2) is 18.4 Å². The number of thiophene rings is 1. The van der Waals surface area contributed by atoms with Crippen LogP contribution in [0.15, 0.2) is 16.6 Å². The Bertz CT molecular complexity index is 1160. The van der Waals surface area contributed by atoms with Crippen molar-refractivity contribution >= 4 is 60.9 Å². The average molecular weight is 594 g/mol. The maximum absolute atomic E-state index is 15.4. The number of alkyl halides is 2. The van der Waals surface area contributed by atoms with Gasteiger partial charge in [0.15, 0.2) is 0 Å². The molecule has 0 bridgehead atoms. The molecule has 1 heterocycles. The largest absolute Gasteiger partial charge is 0.492 e. The molecular weight excluding hydrogens is 571 g/mol. The Hall–Kier alpha value is -1.15. The molecule has 15 heteroatoms. The molecule has 0 radical (unpaired) electrons. The van der Waals surface area contributed by atoms with Crippen LogP contribution in [0.3, 0.4) is 0 Å². The number of aromatic carboxylic acids is 1. The molecule has 0 atom stereocenters. The van der Waals surface area contributed by atoms with Crippen LogP contribution >= 0.6 is 34.9 Å². The van der Waals surface area contributed by atoms with E-state index in [-0.39, 0.29) is 64.3 Å². The van der Waals surface area contributed by atoms with Crippen LogP contribution in [0, 0.1) is 0 Å². The second-order valence-corrected chi connectivity index (χ2v) is 12.3. The number of hydrogen-bond donors (Lipinski definition) is 2. The van der Waals surface area contributed by atoms with E-state index in [9.17, 15) is 22.9 Å². The van der Waals surface area contributed by atoms with E-state index < -0.39 is 34.1 Å². The van der Waals surface area contributed by atoms with Crippen LogP contribution in [0.1, 0.15) is 41.9 Å². The maximum atomic E-state index is 15.4. The van der Waals surface area contributed by atoms with Crippen molar-refractivity contribution in [2.75, 3.05) is 25.6 Å². The Morgan fingerprint density at radius 3 is 2.36 bits per heavy atom. The third kappa shape index (κ3) is 6.50. The molecule has 0 saturated carbocycles. The van der Waals surface area contributed by atoms with E-state index in [2.05, 4.69) is 15.9 Å². The number of carboxylic acids is 1. The minimum atomic E-state index is -4.90. The SMILES string of the molecule is CCOP(=O)(OCC)C(F)(F)c1sc2c(OCCCCS(N)(=O)=O)cc(C(=O)O)cc2c1Br. The van der Waals surface area contributed by atoms with Crippen molar-refractivity contribution in [3.8, 4) is 5.75 Å². The highest BCUT2D eigenvalue weighted by Gasteiger charge is 2.57. The third-order valence-corrected chi connectivity index (χ3v) is 9.73. The molecule has 0 unspecified atom stereocenters. The van der Waals surface area contributed by atoms with E-state index in [1.54, 1.807) is 0 Å². The summed E-state index contributed by atoms with van der Waals surface area (Å²) in [6, 6.07) is 2.37. The predicted molar refractivity (Wildman–Crippen MR) is 124 cm³/mol.